The van der Waals surface area contributed by atoms with Crippen LogP contribution in [0.1, 0.15) is 21.5 Å². The Labute approximate surface area is 136 Å². The van der Waals surface area contributed by atoms with Crippen molar-refractivity contribution in [3.8, 4) is 0 Å². The summed E-state index contributed by atoms with van der Waals surface area (Å²) in [5, 5.41) is 8.84. The zero-order valence-electron chi connectivity index (χ0n) is 12.4. The van der Waals surface area contributed by atoms with Crippen molar-refractivity contribution in [3.63, 3.8) is 0 Å². The van der Waals surface area contributed by atoms with Gasteiger partial charge in [-0.05, 0) is 35.4 Å². The van der Waals surface area contributed by atoms with Crippen LogP contribution in [0.15, 0.2) is 42.5 Å². The monoisotopic (exact) mass is 325 g/mol. The first-order valence-corrected chi connectivity index (χ1v) is 7.11. The summed E-state index contributed by atoms with van der Waals surface area (Å²) in [5.41, 5.74) is 1.94. The van der Waals surface area contributed by atoms with Crippen LogP contribution in [0.2, 0.25) is 0 Å². The highest BCUT2D eigenvalue weighted by Gasteiger charge is 2.36. The maximum Gasteiger partial charge on any atom is 0.323 e. The van der Waals surface area contributed by atoms with E-state index in [0.29, 0.717) is 11.3 Å². The van der Waals surface area contributed by atoms with E-state index in [9.17, 15) is 18.8 Å². The molecular formula is C18H12FNO4. The first-order chi connectivity index (χ1) is 11.5. The van der Waals surface area contributed by atoms with E-state index in [1.807, 2.05) is 0 Å². The molecule has 0 bridgehead atoms. The van der Waals surface area contributed by atoms with Crippen LogP contribution in [0, 0.1) is 5.82 Å². The molecule has 6 heteroatoms. The fourth-order valence-electron chi connectivity index (χ4n) is 2.48. The highest BCUT2D eigenvalue weighted by molar-refractivity contribution is 6.52. The molecule has 0 aromatic heterocycles. The Morgan fingerprint density at radius 1 is 1.04 bits per heavy atom. The van der Waals surface area contributed by atoms with Crippen molar-refractivity contribution in [2.45, 2.75) is 0 Å². The second kappa shape index (κ2) is 6.08. The standard InChI is InChI=1S/C18H12FNO4/c19-13-6-3-11(4-7-13)1-2-12-5-8-15-14(9-12)17(23)18(24)20(15)10-16(21)22/h1-9H,10H2,(H,21,22)/b2-1+. The van der Waals surface area contributed by atoms with Gasteiger partial charge in [0, 0.05) is 0 Å². The third-order valence-corrected chi connectivity index (χ3v) is 3.63. The fraction of sp³-hybridized carbons (Fsp3) is 0.0556. The number of benzene rings is 2. The van der Waals surface area contributed by atoms with Crippen LogP contribution in [0.4, 0.5) is 10.1 Å². The number of carboxylic acid groups (broad SMARTS) is 1. The lowest BCUT2D eigenvalue weighted by Crippen LogP contribution is -2.34. The normalized spacial score (nSPS) is 13.6. The highest BCUT2D eigenvalue weighted by Crippen LogP contribution is 2.30. The van der Waals surface area contributed by atoms with Crippen molar-refractivity contribution >= 4 is 35.5 Å². The predicted octanol–water partition coefficient (Wildman–Crippen LogP) is 2.61. The molecule has 3 rings (SSSR count). The van der Waals surface area contributed by atoms with E-state index >= 15 is 0 Å². The van der Waals surface area contributed by atoms with Crippen LogP contribution in [-0.2, 0) is 9.59 Å². The molecule has 2 aromatic carbocycles. The smallest absolute Gasteiger partial charge is 0.323 e. The van der Waals surface area contributed by atoms with Gasteiger partial charge in [0.15, 0.2) is 0 Å². The van der Waals surface area contributed by atoms with Crippen molar-refractivity contribution in [2.24, 2.45) is 0 Å². The first kappa shape index (κ1) is 15.6. The number of amides is 1. The Balaban J connectivity index is 1.89. The third-order valence-electron chi connectivity index (χ3n) is 3.63. The second-order valence-electron chi connectivity index (χ2n) is 5.28. The Hall–Kier alpha value is -3.28. The number of halogens is 1. The molecule has 0 aliphatic carbocycles. The number of carbonyl (C=O) groups excluding carboxylic acids is 2. The van der Waals surface area contributed by atoms with E-state index in [1.54, 1.807) is 36.4 Å². The molecular weight excluding hydrogens is 313 g/mol. The minimum atomic E-state index is -1.19. The molecule has 0 saturated heterocycles. The topological polar surface area (TPSA) is 74.7 Å². The lowest BCUT2D eigenvalue weighted by Gasteiger charge is -2.13. The van der Waals surface area contributed by atoms with Gasteiger partial charge < -0.3 is 5.11 Å². The molecule has 2 aromatic rings. The molecule has 120 valence electrons. The molecule has 0 saturated carbocycles. The Kier molecular flexibility index (Phi) is 3.95. The first-order valence-electron chi connectivity index (χ1n) is 7.11. The minimum absolute atomic E-state index is 0.183. The van der Waals surface area contributed by atoms with Gasteiger partial charge in [-0.1, -0.05) is 30.4 Å². The number of rotatable bonds is 4. The van der Waals surface area contributed by atoms with Gasteiger partial charge in [0.05, 0.1) is 11.3 Å². The Bertz CT molecular complexity index is 871. The Morgan fingerprint density at radius 3 is 2.33 bits per heavy atom. The molecule has 24 heavy (non-hydrogen) atoms. The number of hydrogen-bond donors (Lipinski definition) is 1. The van der Waals surface area contributed by atoms with Gasteiger partial charge in [-0.2, -0.15) is 0 Å². The summed E-state index contributed by atoms with van der Waals surface area (Å²) < 4.78 is 12.9. The number of ketones is 1. The van der Waals surface area contributed by atoms with Gasteiger partial charge in [-0.3, -0.25) is 19.3 Å². The van der Waals surface area contributed by atoms with Crippen LogP contribution >= 0.6 is 0 Å². The van der Waals surface area contributed by atoms with Crippen LogP contribution in [0.3, 0.4) is 0 Å². The maximum atomic E-state index is 12.9. The minimum Gasteiger partial charge on any atom is -0.480 e. The van der Waals surface area contributed by atoms with Crippen LogP contribution < -0.4 is 4.90 Å². The van der Waals surface area contributed by atoms with E-state index < -0.39 is 24.2 Å². The van der Waals surface area contributed by atoms with Crippen molar-refractivity contribution < 1.29 is 23.9 Å². The van der Waals surface area contributed by atoms with E-state index in [1.165, 1.54) is 18.2 Å². The molecule has 1 N–H and O–H groups in total. The van der Waals surface area contributed by atoms with E-state index in [2.05, 4.69) is 0 Å². The summed E-state index contributed by atoms with van der Waals surface area (Å²) in [4.78, 5) is 35.7. The summed E-state index contributed by atoms with van der Waals surface area (Å²) in [6.45, 7) is -0.553. The number of fused-ring (bicyclic) bond motifs is 1. The molecule has 0 unspecified atom stereocenters. The lowest BCUT2D eigenvalue weighted by molar-refractivity contribution is -0.136. The SMILES string of the molecule is O=C(O)CN1C(=O)C(=O)c2cc(/C=C/c3ccc(F)cc3)ccc21. The van der Waals surface area contributed by atoms with Crippen LogP contribution in [-0.4, -0.2) is 29.3 Å². The summed E-state index contributed by atoms with van der Waals surface area (Å²) in [5.74, 6) is -3.08. The van der Waals surface area contributed by atoms with Crippen LogP contribution in [0.5, 0.6) is 0 Å². The van der Waals surface area contributed by atoms with Gasteiger partial charge in [0.25, 0.3) is 11.7 Å². The summed E-state index contributed by atoms with van der Waals surface area (Å²) in [6.07, 6.45) is 3.47. The van der Waals surface area contributed by atoms with E-state index in [0.717, 1.165) is 10.5 Å². The zero-order chi connectivity index (χ0) is 17.3. The second-order valence-corrected chi connectivity index (χ2v) is 5.28. The van der Waals surface area contributed by atoms with Crippen molar-refractivity contribution in [1.29, 1.82) is 0 Å². The van der Waals surface area contributed by atoms with Gasteiger partial charge in [-0.25, -0.2) is 4.39 Å². The average Bonchev–Trinajstić information content (AvgIpc) is 2.79. The number of Topliss-reactive ketones (excluding diaryl/α,β-unsaturated/α-hetero) is 1. The lowest BCUT2D eigenvalue weighted by atomic mass is 10.1. The van der Waals surface area contributed by atoms with Crippen molar-refractivity contribution in [1.82, 2.24) is 0 Å². The molecule has 1 amide bonds. The predicted molar refractivity (Wildman–Crippen MR) is 86.1 cm³/mol. The third kappa shape index (κ3) is 2.94. The average molecular weight is 325 g/mol. The van der Waals surface area contributed by atoms with Crippen molar-refractivity contribution in [2.75, 3.05) is 11.4 Å². The van der Waals surface area contributed by atoms with Gasteiger partial charge in [0.1, 0.15) is 12.4 Å². The zero-order valence-corrected chi connectivity index (χ0v) is 12.4. The number of aliphatic carboxylic acids is 1. The largest absolute Gasteiger partial charge is 0.480 e. The molecule has 1 aliphatic rings. The number of anilines is 1. The summed E-state index contributed by atoms with van der Waals surface area (Å²) >= 11 is 0. The number of carboxylic acids is 1. The molecule has 1 heterocycles. The van der Waals surface area contributed by atoms with E-state index in [-0.39, 0.29) is 11.4 Å². The van der Waals surface area contributed by atoms with Gasteiger partial charge >= 0.3 is 5.97 Å². The summed E-state index contributed by atoms with van der Waals surface area (Å²) in [7, 11) is 0. The summed E-state index contributed by atoms with van der Waals surface area (Å²) in [6, 6.07) is 10.7. The fourth-order valence-corrected chi connectivity index (χ4v) is 2.48. The molecule has 0 atom stereocenters. The van der Waals surface area contributed by atoms with Crippen molar-refractivity contribution in [3.05, 3.63) is 65.0 Å². The molecule has 1 aliphatic heterocycles. The molecule has 0 radical (unpaired) electrons. The van der Waals surface area contributed by atoms with Crippen LogP contribution in [0.25, 0.3) is 12.2 Å². The van der Waals surface area contributed by atoms with Gasteiger partial charge in [-0.15, -0.1) is 0 Å². The highest BCUT2D eigenvalue weighted by atomic mass is 19.1. The van der Waals surface area contributed by atoms with E-state index in [4.69, 9.17) is 5.11 Å². The molecule has 0 fully saturated rings. The molecule has 0 spiro atoms. The quantitative estimate of drug-likeness (QED) is 0.692. The number of carbonyl (C=O) groups is 3. The molecule has 5 nitrogen and oxygen atoms in total. The maximum absolute atomic E-state index is 12.9. The Morgan fingerprint density at radius 2 is 1.67 bits per heavy atom. The van der Waals surface area contributed by atoms with Gasteiger partial charge in [0.2, 0.25) is 0 Å². The number of nitrogens with zero attached hydrogens (tertiary/aromatic N) is 1. The number of hydrogen-bond acceptors (Lipinski definition) is 3.